The van der Waals surface area contributed by atoms with Crippen molar-refractivity contribution >= 4 is 39.8 Å². The number of nitrogens with zero attached hydrogens (tertiary/aromatic N) is 1. The Bertz CT molecular complexity index is 865. The van der Waals surface area contributed by atoms with Crippen LogP contribution in [0.4, 0.5) is 11.4 Å². The lowest BCUT2D eigenvalue weighted by Gasteiger charge is -2.13. The molecule has 0 saturated carbocycles. The van der Waals surface area contributed by atoms with Crippen molar-refractivity contribution in [1.29, 1.82) is 0 Å². The molecule has 0 amide bonds. The molecule has 0 bridgehead atoms. The first-order valence-corrected chi connectivity index (χ1v) is 7.64. The van der Waals surface area contributed by atoms with Gasteiger partial charge in [0.1, 0.15) is 0 Å². The van der Waals surface area contributed by atoms with E-state index in [-0.39, 0.29) is 5.97 Å². The highest BCUT2D eigenvalue weighted by Gasteiger charge is 2.13. The average molecular weight is 327 g/mol. The molecule has 0 aliphatic carbocycles. The van der Waals surface area contributed by atoms with Crippen molar-refractivity contribution in [1.82, 2.24) is 4.98 Å². The fraction of sp³-hybridized carbons (Fsp3) is 0.111. The minimum atomic E-state index is -0.350. The average Bonchev–Trinajstić information content (AvgIpc) is 2.55. The normalized spacial score (nSPS) is 10.5. The largest absolute Gasteiger partial charge is 0.462 e. The van der Waals surface area contributed by atoms with E-state index in [1.807, 2.05) is 36.4 Å². The molecule has 2 aromatic carbocycles. The summed E-state index contributed by atoms with van der Waals surface area (Å²) in [5, 5.41) is 4.85. The van der Waals surface area contributed by atoms with Gasteiger partial charge in [0.05, 0.1) is 23.4 Å². The third-order valence-electron chi connectivity index (χ3n) is 3.40. The van der Waals surface area contributed by atoms with Crippen LogP contribution in [0.15, 0.2) is 54.7 Å². The Morgan fingerprint density at radius 3 is 2.83 bits per heavy atom. The van der Waals surface area contributed by atoms with Crippen LogP contribution in [-0.4, -0.2) is 17.6 Å². The summed E-state index contributed by atoms with van der Waals surface area (Å²) in [6.45, 7) is 2.12. The quantitative estimate of drug-likeness (QED) is 0.699. The minimum absolute atomic E-state index is 0.337. The van der Waals surface area contributed by atoms with Gasteiger partial charge in [0.15, 0.2) is 0 Å². The summed E-state index contributed by atoms with van der Waals surface area (Å²) in [5.41, 5.74) is 2.82. The Kier molecular flexibility index (Phi) is 4.44. The summed E-state index contributed by atoms with van der Waals surface area (Å²) in [6, 6.07) is 14.6. The number of para-hydroxylation sites is 1. The summed E-state index contributed by atoms with van der Waals surface area (Å²) in [7, 11) is 0. The summed E-state index contributed by atoms with van der Waals surface area (Å²) in [5.74, 6) is -0.350. The number of anilines is 2. The molecule has 1 heterocycles. The van der Waals surface area contributed by atoms with Crippen LogP contribution in [0.5, 0.6) is 0 Å². The monoisotopic (exact) mass is 326 g/mol. The Hall–Kier alpha value is -2.59. The SMILES string of the molecule is CCOC(=O)c1ccccc1Nc1ccnc2cc(Cl)ccc12. The second kappa shape index (κ2) is 6.67. The van der Waals surface area contributed by atoms with Crippen molar-refractivity contribution in [3.05, 3.63) is 65.3 Å². The maximum atomic E-state index is 12.1. The van der Waals surface area contributed by atoms with E-state index in [2.05, 4.69) is 10.3 Å². The number of carbonyl (C=O) groups excluding carboxylic acids is 1. The van der Waals surface area contributed by atoms with Crippen LogP contribution >= 0.6 is 11.6 Å². The number of esters is 1. The molecule has 0 saturated heterocycles. The summed E-state index contributed by atoms with van der Waals surface area (Å²) in [6.07, 6.45) is 1.70. The van der Waals surface area contributed by atoms with Crippen molar-refractivity contribution < 1.29 is 9.53 Å². The van der Waals surface area contributed by atoms with Crippen LogP contribution in [0.2, 0.25) is 5.02 Å². The fourth-order valence-corrected chi connectivity index (χ4v) is 2.52. The number of carbonyl (C=O) groups is 1. The molecule has 0 spiro atoms. The van der Waals surface area contributed by atoms with E-state index in [1.54, 1.807) is 25.3 Å². The molecular weight excluding hydrogens is 312 g/mol. The Balaban J connectivity index is 2.02. The van der Waals surface area contributed by atoms with Gasteiger partial charge in [-0.05, 0) is 43.3 Å². The molecule has 0 atom stereocenters. The molecule has 1 N–H and O–H groups in total. The van der Waals surface area contributed by atoms with Crippen molar-refractivity contribution in [2.24, 2.45) is 0 Å². The molecule has 0 aliphatic rings. The van der Waals surface area contributed by atoms with E-state index in [4.69, 9.17) is 16.3 Å². The predicted octanol–water partition coefficient (Wildman–Crippen LogP) is 4.81. The van der Waals surface area contributed by atoms with Crippen LogP contribution in [0.3, 0.4) is 0 Å². The van der Waals surface area contributed by atoms with E-state index in [0.29, 0.717) is 22.9 Å². The van der Waals surface area contributed by atoms with Crippen molar-refractivity contribution in [2.75, 3.05) is 11.9 Å². The molecule has 0 fully saturated rings. The van der Waals surface area contributed by atoms with Crippen molar-refractivity contribution in [2.45, 2.75) is 6.92 Å². The van der Waals surface area contributed by atoms with Gasteiger partial charge >= 0.3 is 5.97 Å². The number of hydrogen-bond acceptors (Lipinski definition) is 4. The zero-order valence-electron chi connectivity index (χ0n) is 12.5. The first-order chi connectivity index (χ1) is 11.2. The highest BCUT2D eigenvalue weighted by atomic mass is 35.5. The molecule has 0 unspecified atom stereocenters. The van der Waals surface area contributed by atoms with Crippen molar-refractivity contribution in [3.63, 3.8) is 0 Å². The number of rotatable bonds is 4. The van der Waals surface area contributed by atoms with Crippen LogP contribution < -0.4 is 5.32 Å². The predicted molar refractivity (Wildman–Crippen MR) is 92.4 cm³/mol. The summed E-state index contributed by atoms with van der Waals surface area (Å²) in [4.78, 5) is 16.4. The Morgan fingerprint density at radius 1 is 1.17 bits per heavy atom. The number of pyridine rings is 1. The van der Waals surface area contributed by atoms with Gasteiger partial charge in [-0.2, -0.15) is 0 Å². The highest BCUT2D eigenvalue weighted by Crippen LogP contribution is 2.28. The minimum Gasteiger partial charge on any atom is -0.462 e. The van der Waals surface area contributed by atoms with Crippen LogP contribution in [0.1, 0.15) is 17.3 Å². The lowest BCUT2D eigenvalue weighted by molar-refractivity contribution is 0.0527. The zero-order valence-corrected chi connectivity index (χ0v) is 13.3. The summed E-state index contributed by atoms with van der Waals surface area (Å²) >= 11 is 6.01. The van der Waals surface area contributed by atoms with Gasteiger partial charge in [0, 0.05) is 22.3 Å². The van der Waals surface area contributed by atoms with Gasteiger partial charge in [-0.3, -0.25) is 4.98 Å². The number of aromatic nitrogens is 1. The maximum absolute atomic E-state index is 12.1. The van der Waals surface area contributed by atoms with Gasteiger partial charge < -0.3 is 10.1 Å². The van der Waals surface area contributed by atoms with Gasteiger partial charge in [-0.15, -0.1) is 0 Å². The molecule has 23 heavy (non-hydrogen) atoms. The van der Waals surface area contributed by atoms with E-state index in [0.717, 1.165) is 16.6 Å². The van der Waals surface area contributed by atoms with Gasteiger partial charge in [-0.25, -0.2) is 4.79 Å². The number of fused-ring (bicyclic) bond motifs is 1. The van der Waals surface area contributed by atoms with Gasteiger partial charge in [-0.1, -0.05) is 23.7 Å². The zero-order chi connectivity index (χ0) is 16.2. The van der Waals surface area contributed by atoms with Gasteiger partial charge in [0.2, 0.25) is 0 Å². The molecule has 3 aromatic rings. The third kappa shape index (κ3) is 3.27. The van der Waals surface area contributed by atoms with E-state index in [9.17, 15) is 4.79 Å². The van der Waals surface area contributed by atoms with E-state index >= 15 is 0 Å². The fourth-order valence-electron chi connectivity index (χ4n) is 2.35. The molecule has 4 nitrogen and oxygen atoms in total. The van der Waals surface area contributed by atoms with E-state index in [1.165, 1.54) is 0 Å². The number of benzene rings is 2. The molecule has 116 valence electrons. The molecular formula is C18H15ClN2O2. The molecule has 3 rings (SSSR count). The number of hydrogen-bond donors (Lipinski definition) is 1. The van der Waals surface area contributed by atoms with Gasteiger partial charge in [0.25, 0.3) is 0 Å². The number of halogens is 1. The third-order valence-corrected chi connectivity index (χ3v) is 3.63. The lowest BCUT2D eigenvalue weighted by Crippen LogP contribution is -2.07. The Morgan fingerprint density at radius 2 is 2.00 bits per heavy atom. The van der Waals surface area contributed by atoms with Crippen LogP contribution in [0.25, 0.3) is 10.9 Å². The van der Waals surface area contributed by atoms with Crippen molar-refractivity contribution in [3.8, 4) is 0 Å². The first kappa shape index (κ1) is 15.3. The number of ether oxygens (including phenoxy) is 1. The molecule has 0 aliphatic heterocycles. The Labute approximate surface area is 139 Å². The number of nitrogens with one attached hydrogen (secondary N) is 1. The topological polar surface area (TPSA) is 51.2 Å². The highest BCUT2D eigenvalue weighted by molar-refractivity contribution is 6.31. The molecule has 1 aromatic heterocycles. The second-order valence-electron chi connectivity index (χ2n) is 4.91. The smallest absolute Gasteiger partial charge is 0.340 e. The second-order valence-corrected chi connectivity index (χ2v) is 5.35. The first-order valence-electron chi connectivity index (χ1n) is 7.26. The maximum Gasteiger partial charge on any atom is 0.340 e. The van der Waals surface area contributed by atoms with Crippen LogP contribution in [0, 0.1) is 0 Å². The van der Waals surface area contributed by atoms with E-state index < -0.39 is 0 Å². The molecule has 5 heteroatoms. The van der Waals surface area contributed by atoms with Crippen LogP contribution in [-0.2, 0) is 4.74 Å². The molecule has 0 radical (unpaired) electrons. The lowest BCUT2D eigenvalue weighted by atomic mass is 10.1. The standard InChI is InChI=1S/C18H15ClN2O2/c1-2-23-18(22)14-5-3-4-6-15(14)21-16-9-10-20-17-11-12(19)7-8-13(16)17/h3-11H,2H2,1H3,(H,20,21). The summed E-state index contributed by atoms with van der Waals surface area (Å²) < 4.78 is 5.10.